The van der Waals surface area contributed by atoms with Crippen LogP contribution < -0.4 is 10.6 Å². The van der Waals surface area contributed by atoms with Crippen LogP contribution in [0, 0.1) is 11.8 Å². The molecule has 3 N–H and O–H groups in total. The number of hydrogen-bond donors (Lipinski definition) is 3. The third kappa shape index (κ3) is 9.32. The molecule has 2 amide bonds. The van der Waals surface area contributed by atoms with Crippen molar-refractivity contribution in [2.75, 3.05) is 13.2 Å². The zero-order valence-corrected chi connectivity index (χ0v) is 20.8. The minimum absolute atomic E-state index is 0.00343. The smallest absolute Gasteiger partial charge is 0.309 e. The van der Waals surface area contributed by atoms with Crippen molar-refractivity contribution in [2.45, 2.75) is 69.9 Å². The monoisotopic (exact) mass is 484 g/mol. The van der Waals surface area contributed by atoms with Gasteiger partial charge in [-0.2, -0.15) is 0 Å². The highest BCUT2D eigenvalue weighted by molar-refractivity contribution is 5.86. The Hall–Kier alpha value is -2.93. The summed E-state index contributed by atoms with van der Waals surface area (Å²) in [6.07, 6.45) is 8.05. The van der Waals surface area contributed by atoms with Crippen molar-refractivity contribution in [3.8, 4) is 0 Å². The molecule has 192 valence electrons. The molecular weight excluding hydrogens is 444 g/mol. The normalized spacial score (nSPS) is 17.0. The maximum Gasteiger partial charge on any atom is 0.309 e. The number of nitrogens with one attached hydrogen (secondary N) is 2. The third-order valence-corrected chi connectivity index (χ3v) is 6.48. The lowest BCUT2D eigenvalue weighted by molar-refractivity contribution is -0.151. The number of carbonyl (C=O) groups excluding carboxylic acids is 3. The van der Waals surface area contributed by atoms with Crippen LogP contribution in [0.25, 0.3) is 0 Å². The fourth-order valence-corrected chi connectivity index (χ4v) is 4.50. The second kappa shape index (κ2) is 14.5. The summed E-state index contributed by atoms with van der Waals surface area (Å²) < 4.78 is 5.78. The second-order valence-corrected chi connectivity index (χ2v) is 9.57. The summed E-state index contributed by atoms with van der Waals surface area (Å²) in [4.78, 5) is 38.4. The van der Waals surface area contributed by atoms with Crippen LogP contribution in [0.5, 0.6) is 0 Å². The Balaban J connectivity index is 2.02. The zero-order chi connectivity index (χ0) is 25.7. The molecule has 2 rings (SSSR count). The molecule has 0 heterocycles. The highest BCUT2D eigenvalue weighted by Gasteiger charge is 2.39. The fourth-order valence-electron chi connectivity index (χ4n) is 4.50. The van der Waals surface area contributed by atoms with Gasteiger partial charge in [0.2, 0.25) is 11.8 Å². The first-order valence-corrected chi connectivity index (χ1v) is 12.5. The number of allylic oxidation sites excluding steroid dienone is 2. The maximum atomic E-state index is 13.2. The number of aliphatic hydroxyl groups excluding tert-OH is 1. The summed E-state index contributed by atoms with van der Waals surface area (Å²) in [5.41, 5.74) is 0.424. The predicted molar refractivity (Wildman–Crippen MR) is 136 cm³/mol. The average Bonchev–Trinajstić information content (AvgIpc) is 3.31. The van der Waals surface area contributed by atoms with E-state index in [2.05, 4.69) is 23.8 Å². The van der Waals surface area contributed by atoms with Gasteiger partial charge in [-0.1, -0.05) is 55.3 Å². The van der Waals surface area contributed by atoms with E-state index in [1.165, 1.54) is 0 Å². The molecule has 1 aliphatic carbocycles. The highest BCUT2D eigenvalue weighted by Crippen LogP contribution is 2.31. The Morgan fingerprint density at radius 3 is 2.31 bits per heavy atom. The van der Waals surface area contributed by atoms with E-state index >= 15 is 0 Å². The van der Waals surface area contributed by atoms with Gasteiger partial charge >= 0.3 is 5.97 Å². The van der Waals surface area contributed by atoms with Crippen LogP contribution in [0.4, 0.5) is 0 Å². The minimum atomic E-state index is -0.632. The molecule has 7 heteroatoms. The van der Waals surface area contributed by atoms with E-state index in [9.17, 15) is 14.4 Å². The zero-order valence-electron chi connectivity index (χ0n) is 20.8. The summed E-state index contributed by atoms with van der Waals surface area (Å²) >= 11 is 0. The van der Waals surface area contributed by atoms with Crippen LogP contribution >= 0.6 is 0 Å². The van der Waals surface area contributed by atoms with Crippen molar-refractivity contribution in [3.05, 3.63) is 61.2 Å². The number of esters is 1. The van der Waals surface area contributed by atoms with Crippen molar-refractivity contribution >= 4 is 17.8 Å². The first kappa shape index (κ1) is 28.3. The molecule has 35 heavy (non-hydrogen) atoms. The first-order valence-electron chi connectivity index (χ1n) is 12.5. The van der Waals surface area contributed by atoms with Crippen LogP contribution in [0.3, 0.4) is 0 Å². The largest absolute Gasteiger partial charge is 0.463 e. The van der Waals surface area contributed by atoms with Crippen LogP contribution in [0.15, 0.2) is 55.6 Å². The molecule has 3 atom stereocenters. The van der Waals surface area contributed by atoms with Crippen molar-refractivity contribution in [1.82, 2.24) is 10.6 Å². The Labute approximate surface area is 209 Å². The Bertz CT molecular complexity index is 848. The van der Waals surface area contributed by atoms with E-state index in [0.29, 0.717) is 32.1 Å². The summed E-state index contributed by atoms with van der Waals surface area (Å²) in [7, 11) is 0. The molecule has 1 aliphatic rings. The fraction of sp³-hybridized carbons (Fsp3) is 0.536. The number of carbonyl (C=O) groups is 3. The molecule has 0 bridgehead atoms. The summed E-state index contributed by atoms with van der Waals surface area (Å²) in [6.45, 7) is 9.13. The van der Waals surface area contributed by atoms with Gasteiger partial charge in [-0.3, -0.25) is 14.4 Å². The van der Waals surface area contributed by atoms with Gasteiger partial charge in [-0.05, 0) is 44.6 Å². The molecule has 0 spiro atoms. The standard InChI is InChI=1S/C28H40N2O5/c1-4-11-23(18-25(32)29-21(3)19-31)26(33)30-28(15-9-10-16-28)20-35-27(34)24(12-5-2)17-22-13-7-6-8-14-22/h4-8,13-14,21,23-24,31H,1-2,9-12,15-20H2,3H3,(H,29,32)(H,30,33)/t21-,23+,24-/m0/s1. The molecule has 0 radical (unpaired) electrons. The van der Waals surface area contributed by atoms with Gasteiger partial charge < -0.3 is 20.5 Å². The Kier molecular flexibility index (Phi) is 11.7. The molecule has 0 aromatic heterocycles. The van der Waals surface area contributed by atoms with Crippen LogP contribution in [0.1, 0.15) is 57.4 Å². The maximum absolute atomic E-state index is 13.2. The third-order valence-electron chi connectivity index (χ3n) is 6.48. The molecule has 0 saturated heterocycles. The SMILES string of the molecule is C=CC[C@H](CC(=O)N[C@@H](C)CO)C(=O)NC1(COC(=O)[C@@H](CC=C)Cc2ccccc2)CCCC1. The number of amides is 2. The number of ether oxygens (including phenoxy) is 1. The lowest BCUT2D eigenvalue weighted by atomic mass is 9.93. The molecule has 0 unspecified atom stereocenters. The molecule has 7 nitrogen and oxygen atoms in total. The molecule has 1 aromatic rings. The number of rotatable bonds is 15. The van der Waals surface area contributed by atoms with Crippen LogP contribution in [-0.2, 0) is 25.5 Å². The Morgan fingerprint density at radius 1 is 1.09 bits per heavy atom. The van der Waals surface area contributed by atoms with Gasteiger partial charge in [0, 0.05) is 12.5 Å². The summed E-state index contributed by atoms with van der Waals surface area (Å²) in [5, 5.41) is 14.9. The van der Waals surface area contributed by atoms with Gasteiger partial charge in [-0.25, -0.2) is 0 Å². The lowest BCUT2D eigenvalue weighted by Gasteiger charge is -2.32. The van der Waals surface area contributed by atoms with E-state index in [0.717, 1.165) is 18.4 Å². The second-order valence-electron chi connectivity index (χ2n) is 9.57. The molecular formula is C28H40N2O5. The van der Waals surface area contributed by atoms with Crippen molar-refractivity contribution < 1.29 is 24.2 Å². The quantitative estimate of drug-likeness (QED) is 0.261. The summed E-state index contributed by atoms with van der Waals surface area (Å²) in [6, 6.07) is 9.42. The molecule has 1 aromatic carbocycles. The van der Waals surface area contributed by atoms with Gasteiger partial charge in [-0.15, -0.1) is 13.2 Å². The topological polar surface area (TPSA) is 105 Å². The van der Waals surface area contributed by atoms with Gasteiger partial charge in [0.15, 0.2) is 0 Å². The molecule has 1 fully saturated rings. The highest BCUT2D eigenvalue weighted by atomic mass is 16.5. The first-order chi connectivity index (χ1) is 16.8. The summed E-state index contributed by atoms with van der Waals surface area (Å²) in [5.74, 6) is -1.77. The van der Waals surface area contributed by atoms with Crippen LogP contribution in [0.2, 0.25) is 0 Å². The number of aliphatic hydroxyl groups is 1. The van der Waals surface area contributed by atoms with Gasteiger partial charge in [0.05, 0.1) is 24.0 Å². The number of benzene rings is 1. The van der Waals surface area contributed by atoms with E-state index in [-0.39, 0.29) is 49.4 Å². The van der Waals surface area contributed by atoms with E-state index in [1.807, 2.05) is 30.3 Å². The van der Waals surface area contributed by atoms with Gasteiger partial charge in [0.25, 0.3) is 0 Å². The predicted octanol–water partition coefficient (Wildman–Crippen LogP) is 3.47. The lowest BCUT2D eigenvalue weighted by Crippen LogP contribution is -2.52. The van der Waals surface area contributed by atoms with Crippen molar-refractivity contribution in [1.29, 1.82) is 0 Å². The van der Waals surface area contributed by atoms with E-state index < -0.39 is 11.5 Å². The van der Waals surface area contributed by atoms with Crippen molar-refractivity contribution in [3.63, 3.8) is 0 Å². The molecule has 1 saturated carbocycles. The number of hydrogen-bond acceptors (Lipinski definition) is 5. The van der Waals surface area contributed by atoms with Gasteiger partial charge in [0.1, 0.15) is 6.61 Å². The average molecular weight is 485 g/mol. The van der Waals surface area contributed by atoms with E-state index in [4.69, 9.17) is 9.84 Å². The Morgan fingerprint density at radius 2 is 1.71 bits per heavy atom. The van der Waals surface area contributed by atoms with Crippen molar-refractivity contribution in [2.24, 2.45) is 11.8 Å². The van der Waals surface area contributed by atoms with E-state index in [1.54, 1.807) is 19.1 Å². The molecule has 0 aliphatic heterocycles. The minimum Gasteiger partial charge on any atom is -0.463 e. The van der Waals surface area contributed by atoms with Crippen LogP contribution in [-0.4, -0.2) is 47.7 Å².